The zero-order valence-electron chi connectivity index (χ0n) is 11.2. The SMILES string of the molecule is FC(F)(F)c1ccc(C[N+]2=CC3CCCCN3C2)cc1. The Bertz CT molecular complexity index is 505. The highest BCUT2D eigenvalue weighted by atomic mass is 19.4. The topological polar surface area (TPSA) is 6.25 Å². The molecule has 0 aliphatic carbocycles. The van der Waals surface area contributed by atoms with Crippen molar-refractivity contribution >= 4 is 6.21 Å². The number of benzene rings is 1. The summed E-state index contributed by atoms with van der Waals surface area (Å²) in [4.78, 5) is 2.44. The summed E-state index contributed by atoms with van der Waals surface area (Å²) < 4.78 is 39.7. The van der Waals surface area contributed by atoms with Crippen molar-refractivity contribution in [2.24, 2.45) is 0 Å². The average Bonchev–Trinajstić information content (AvgIpc) is 2.80. The van der Waals surface area contributed by atoms with E-state index in [1.54, 1.807) is 12.1 Å². The fraction of sp³-hybridized carbons (Fsp3) is 0.533. The highest BCUT2D eigenvalue weighted by Crippen LogP contribution is 2.29. The third-order valence-corrected chi connectivity index (χ3v) is 4.08. The Morgan fingerprint density at radius 2 is 1.90 bits per heavy atom. The lowest BCUT2D eigenvalue weighted by atomic mass is 10.1. The van der Waals surface area contributed by atoms with Gasteiger partial charge in [0.2, 0.25) is 0 Å². The molecule has 2 aliphatic rings. The maximum atomic E-state index is 12.5. The minimum atomic E-state index is -4.25. The van der Waals surface area contributed by atoms with Gasteiger partial charge in [-0.05, 0) is 25.0 Å². The summed E-state index contributed by atoms with van der Waals surface area (Å²) >= 11 is 0. The van der Waals surface area contributed by atoms with Crippen LogP contribution in [0.4, 0.5) is 13.2 Å². The van der Waals surface area contributed by atoms with Crippen LogP contribution in [0.5, 0.6) is 0 Å². The normalized spacial score (nSPS) is 23.6. The minimum absolute atomic E-state index is 0.526. The molecule has 2 heterocycles. The molecule has 0 spiro atoms. The van der Waals surface area contributed by atoms with E-state index < -0.39 is 11.7 Å². The van der Waals surface area contributed by atoms with Gasteiger partial charge < -0.3 is 0 Å². The van der Waals surface area contributed by atoms with Crippen LogP contribution in [-0.4, -0.2) is 34.9 Å². The smallest absolute Gasteiger partial charge is 0.236 e. The number of halogens is 3. The van der Waals surface area contributed by atoms with Crippen LogP contribution < -0.4 is 0 Å². The predicted octanol–water partition coefficient (Wildman–Crippen LogP) is 3.11. The molecular formula is C15H18F3N2+. The Labute approximate surface area is 116 Å². The Kier molecular flexibility index (Phi) is 3.54. The van der Waals surface area contributed by atoms with Gasteiger partial charge in [0.1, 0.15) is 0 Å². The fourth-order valence-corrected chi connectivity index (χ4v) is 3.02. The first-order chi connectivity index (χ1) is 9.52. The molecule has 108 valence electrons. The first-order valence-electron chi connectivity index (χ1n) is 7.01. The van der Waals surface area contributed by atoms with E-state index in [4.69, 9.17) is 0 Å². The lowest BCUT2D eigenvalue weighted by Crippen LogP contribution is -2.36. The van der Waals surface area contributed by atoms with Gasteiger partial charge in [-0.15, -0.1) is 0 Å². The van der Waals surface area contributed by atoms with E-state index in [1.807, 2.05) is 0 Å². The van der Waals surface area contributed by atoms with Crippen LogP contribution in [0, 0.1) is 0 Å². The van der Waals surface area contributed by atoms with Crippen molar-refractivity contribution in [2.45, 2.75) is 38.0 Å². The molecule has 20 heavy (non-hydrogen) atoms. The molecule has 5 heteroatoms. The molecule has 0 amide bonds. The average molecular weight is 283 g/mol. The number of hydrogen-bond acceptors (Lipinski definition) is 1. The first kappa shape index (κ1) is 13.6. The number of alkyl halides is 3. The van der Waals surface area contributed by atoms with Gasteiger partial charge in [0.05, 0.1) is 11.6 Å². The van der Waals surface area contributed by atoms with Crippen LogP contribution in [0.2, 0.25) is 0 Å². The van der Waals surface area contributed by atoms with Gasteiger partial charge in [-0.1, -0.05) is 18.6 Å². The van der Waals surface area contributed by atoms with Crippen molar-refractivity contribution in [2.75, 3.05) is 13.2 Å². The standard InChI is InChI=1S/C15H18F3N2/c16-15(17,18)13-6-4-12(5-7-13)9-19-10-14-3-1-2-8-20(14)11-19/h4-7,10,14H,1-3,8-9,11H2/q+1. The van der Waals surface area contributed by atoms with Crippen molar-refractivity contribution in [1.29, 1.82) is 0 Å². The van der Waals surface area contributed by atoms with Crippen molar-refractivity contribution in [3.63, 3.8) is 0 Å². The largest absolute Gasteiger partial charge is 0.416 e. The van der Waals surface area contributed by atoms with Gasteiger partial charge in [-0.25, -0.2) is 9.48 Å². The van der Waals surface area contributed by atoms with E-state index in [0.29, 0.717) is 12.6 Å². The zero-order valence-corrected chi connectivity index (χ0v) is 11.2. The Morgan fingerprint density at radius 1 is 1.15 bits per heavy atom. The van der Waals surface area contributed by atoms with Crippen LogP contribution in [0.1, 0.15) is 30.4 Å². The molecule has 3 rings (SSSR count). The van der Waals surface area contributed by atoms with Gasteiger partial charge in [0, 0.05) is 12.1 Å². The number of fused-ring (bicyclic) bond motifs is 1. The molecule has 0 bridgehead atoms. The van der Waals surface area contributed by atoms with Gasteiger partial charge in [-0.3, -0.25) is 0 Å². The number of nitrogens with zero attached hydrogens (tertiary/aromatic N) is 2. The molecule has 1 aromatic carbocycles. The molecule has 1 saturated heterocycles. The number of hydrogen-bond donors (Lipinski definition) is 0. The van der Waals surface area contributed by atoms with E-state index in [1.165, 1.54) is 31.4 Å². The number of piperidine rings is 1. The monoisotopic (exact) mass is 283 g/mol. The summed E-state index contributed by atoms with van der Waals surface area (Å²) in [5, 5.41) is 0. The molecule has 1 fully saturated rings. The summed E-state index contributed by atoms with van der Waals surface area (Å²) in [5.74, 6) is 0. The van der Waals surface area contributed by atoms with E-state index >= 15 is 0 Å². The number of rotatable bonds is 2. The summed E-state index contributed by atoms with van der Waals surface area (Å²) in [6, 6.07) is 6.01. The van der Waals surface area contributed by atoms with Crippen LogP contribution >= 0.6 is 0 Å². The van der Waals surface area contributed by atoms with Crippen molar-refractivity contribution < 1.29 is 17.7 Å². The van der Waals surface area contributed by atoms with Crippen LogP contribution in [-0.2, 0) is 12.7 Å². The Balaban J connectivity index is 1.66. The molecular weight excluding hydrogens is 265 g/mol. The fourth-order valence-electron chi connectivity index (χ4n) is 3.02. The minimum Gasteiger partial charge on any atom is -0.236 e. The third kappa shape index (κ3) is 2.87. The Hall–Kier alpha value is -1.36. The highest BCUT2D eigenvalue weighted by Gasteiger charge is 2.33. The summed E-state index contributed by atoms with van der Waals surface area (Å²) in [7, 11) is 0. The maximum absolute atomic E-state index is 12.5. The molecule has 1 aromatic rings. The second kappa shape index (κ2) is 5.20. The van der Waals surface area contributed by atoms with E-state index in [-0.39, 0.29) is 0 Å². The molecule has 1 atom stereocenters. The highest BCUT2D eigenvalue weighted by molar-refractivity contribution is 5.60. The van der Waals surface area contributed by atoms with Crippen LogP contribution in [0.25, 0.3) is 0 Å². The summed E-state index contributed by atoms with van der Waals surface area (Å²) in [5.41, 5.74) is 0.346. The van der Waals surface area contributed by atoms with Crippen LogP contribution in [0.15, 0.2) is 24.3 Å². The second-order valence-electron chi connectivity index (χ2n) is 5.61. The van der Waals surface area contributed by atoms with E-state index in [2.05, 4.69) is 15.7 Å². The van der Waals surface area contributed by atoms with E-state index in [0.717, 1.165) is 18.8 Å². The van der Waals surface area contributed by atoms with Crippen molar-refractivity contribution in [1.82, 2.24) is 4.90 Å². The third-order valence-electron chi connectivity index (χ3n) is 4.08. The molecule has 2 nitrogen and oxygen atoms in total. The van der Waals surface area contributed by atoms with Gasteiger partial charge in [0.15, 0.2) is 19.4 Å². The van der Waals surface area contributed by atoms with Crippen molar-refractivity contribution in [3.05, 3.63) is 35.4 Å². The zero-order chi connectivity index (χ0) is 14.2. The van der Waals surface area contributed by atoms with Gasteiger partial charge in [0.25, 0.3) is 0 Å². The lowest BCUT2D eigenvalue weighted by Gasteiger charge is -2.24. The van der Waals surface area contributed by atoms with Gasteiger partial charge >= 0.3 is 6.18 Å². The molecule has 0 saturated carbocycles. The molecule has 0 radical (unpaired) electrons. The van der Waals surface area contributed by atoms with Crippen LogP contribution in [0.3, 0.4) is 0 Å². The first-order valence-corrected chi connectivity index (χ1v) is 7.01. The van der Waals surface area contributed by atoms with Crippen molar-refractivity contribution in [3.8, 4) is 0 Å². The predicted molar refractivity (Wildman–Crippen MR) is 70.7 cm³/mol. The lowest BCUT2D eigenvalue weighted by molar-refractivity contribution is -0.547. The molecule has 1 unspecified atom stereocenters. The molecule has 2 aliphatic heterocycles. The summed E-state index contributed by atoms with van der Waals surface area (Å²) in [6.45, 7) is 2.71. The molecule has 0 aromatic heterocycles. The van der Waals surface area contributed by atoms with Gasteiger partial charge in [-0.2, -0.15) is 13.2 Å². The Morgan fingerprint density at radius 3 is 2.55 bits per heavy atom. The second-order valence-corrected chi connectivity index (χ2v) is 5.61. The van der Waals surface area contributed by atoms with E-state index in [9.17, 15) is 13.2 Å². The molecule has 0 N–H and O–H groups in total. The maximum Gasteiger partial charge on any atom is 0.416 e. The summed E-state index contributed by atoms with van der Waals surface area (Å²) in [6.07, 6.45) is 1.70. The quantitative estimate of drug-likeness (QED) is 0.756.